The third-order valence-corrected chi connectivity index (χ3v) is 4.11. The average molecular weight is 318 g/mol. The largest absolute Gasteiger partial charge is 0.379 e. The second-order valence-corrected chi connectivity index (χ2v) is 5.87. The Hall–Kier alpha value is -1.92. The van der Waals surface area contributed by atoms with Gasteiger partial charge in [0.05, 0.1) is 31.6 Å². The Morgan fingerprint density at radius 1 is 1.30 bits per heavy atom. The summed E-state index contributed by atoms with van der Waals surface area (Å²) in [5, 5.41) is 7.75. The molecule has 1 aliphatic heterocycles. The normalized spacial score (nSPS) is 17.1. The van der Waals surface area contributed by atoms with Crippen LogP contribution in [0.2, 0.25) is 0 Å². The number of ether oxygens (including phenoxy) is 1. The smallest absolute Gasteiger partial charge is 0.123 e. The Morgan fingerprint density at radius 3 is 2.91 bits per heavy atom. The zero-order chi connectivity index (χ0) is 16.1. The molecule has 0 bridgehead atoms. The maximum absolute atomic E-state index is 13.3. The molecule has 0 aliphatic carbocycles. The van der Waals surface area contributed by atoms with Gasteiger partial charge in [0, 0.05) is 31.9 Å². The molecule has 0 amide bonds. The van der Waals surface area contributed by atoms with Crippen LogP contribution in [0.15, 0.2) is 36.7 Å². The highest BCUT2D eigenvalue weighted by molar-refractivity contribution is 5.41. The molecule has 1 N–H and O–H groups in total. The van der Waals surface area contributed by atoms with Gasteiger partial charge in [-0.15, -0.1) is 0 Å². The van der Waals surface area contributed by atoms with Gasteiger partial charge < -0.3 is 10.1 Å². The van der Waals surface area contributed by atoms with Gasteiger partial charge in [-0.05, 0) is 24.6 Å². The SMILES string of the molecule is C[C@H](Nc1cnn(CCN2CCOCC2)c1)c1cccc(F)c1. The first-order chi connectivity index (χ1) is 11.2. The molecule has 0 saturated carbocycles. The van der Waals surface area contributed by atoms with E-state index >= 15 is 0 Å². The lowest BCUT2D eigenvalue weighted by molar-refractivity contribution is 0.0360. The number of aromatic nitrogens is 2. The lowest BCUT2D eigenvalue weighted by Crippen LogP contribution is -2.38. The molecule has 1 aromatic carbocycles. The number of anilines is 1. The Bertz CT molecular complexity index is 625. The zero-order valence-electron chi connectivity index (χ0n) is 13.4. The van der Waals surface area contributed by atoms with Crippen molar-refractivity contribution in [2.24, 2.45) is 0 Å². The molecule has 0 unspecified atom stereocenters. The Labute approximate surface area is 136 Å². The molecule has 1 saturated heterocycles. The first-order valence-electron chi connectivity index (χ1n) is 8.05. The summed E-state index contributed by atoms with van der Waals surface area (Å²) < 4.78 is 20.6. The molecule has 0 radical (unpaired) electrons. The minimum Gasteiger partial charge on any atom is -0.379 e. The second-order valence-electron chi connectivity index (χ2n) is 5.87. The quantitative estimate of drug-likeness (QED) is 0.889. The lowest BCUT2D eigenvalue weighted by atomic mass is 10.1. The zero-order valence-corrected chi connectivity index (χ0v) is 13.4. The number of benzene rings is 1. The van der Waals surface area contributed by atoms with Gasteiger partial charge in [-0.1, -0.05) is 12.1 Å². The first-order valence-corrected chi connectivity index (χ1v) is 8.05. The molecular formula is C17H23FN4O. The monoisotopic (exact) mass is 318 g/mol. The molecule has 0 spiro atoms. The van der Waals surface area contributed by atoms with Gasteiger partial charge in [-0.2, -0.15) is 5.10 Å². The van der Waals surface area contributed by atoms with E-state index in [1.807, 2.05) is 30.1 Å². The van der Waals surface area contributed by atoms with E-state index in [4.69, 9.17) is 4.74 Å². The van der Waals surface area contributed by atoms with E-state index in [1.54, 1.807) is 12.1 Å². The fourth-order valence-corrected chi connectivity index (χ4v) is 2.74. The molecule has 1 fully saturated rings. The highest BCUT2D eigenvalue weighted by atomic mass is 19.1. The Kier molecular flexibility index (Phi) is 5.25. The number of halogens is 1. The highest BCUT2D eigenvalue weighted by Crippen LogP contribution is 2.19. The number of hydrogen-bond acceptors (Lipinski definition) is 4. The van der Waals surface area contributed by atoms with Crippen LogP contribution < -0.4 is 5.32 Å². The fourth-order valence-electron chi connectivity index (χ4n) is 2.74. The molecule has 124 valence electrons. The van der Waals surface area contributed by atoms with Crippen molar-refractivity contribution in [2.75, 3.05) is 38.2 Å². The standard InChI is InChI=1S/C17H23FN4O/c1-14(15-3-2-4-16(18)11-15)20-17-12-19-22(13-17)6-5-21-7-9-23-10-8-21/h2-4,11-14,20H,5-10H2,1H3/t14-/m0/s1. The number of nitrogens with one attached hydrogen (secondary N) is 1. The molecule has 6 heteroatoms. The van der Waals surface area contributed by atoms with E-state index in [-0.39, 0.29) is 11.9 Å². The maximum atomic E-state index is 13.3. The van der Waals surface area contributed by atoms with Crippen LogP contribution in [0.5, 0.6) is 0 Å². The summed E-state index contributed by atoms with van der Waals surface area (Å²) in [7, 11) is 0. The van der Waals surface area contributed by atoms with E-state index in [1.165, 1.54) is 6.07 Å². The fraction of sp³-hybridized carbons (Fsp3) is 0.471. The third-order valence-electron chi connectivity index (χ3n) is 4.11. The van der Waals surface area contributed by atoms with E-state index < -0.39 is 0 Å². The van der Waals surface area contributed by atoms with Crippen molar-refractivity contribution in [3.8, 4) is 0 Å². The second kappa shape index (κ2) is 7.57. The molecule has 5 nitrogen and oxygen atoms in total. The third kappa shape index (κ3) is 4.53. The first kappa shape index (κ1) is 16.0. The van der Waals surface area contributed by atoms with Crippen molar-refractivity contribution in [3.63, 3.8) is 0 Å². The van der Waals surface area contributed by atoms with Crippen molar-refractivity contribution in [1.82, 2.24) is 14.7 Å². The van der Waals surface area contributed by atoms with Crippen LogP contribution in [-0.4, -0.2) is 47.5 Å². The van der Waals surface area contributed by atoms with Crippen molar-refractivity contribution < 1.29 is 9.13 Å². The van der Waals surface area contributed by atoms with Gasteiger partial charge >= 0.3 is 0 Å². The maximum Gasteiger partial charge on any atom is 0.123 e. The van der Waals surface area contributed by atoms with Gasteiger partial charge in [-0.25, -0.2) is 4.39 Å². The van der Waals surface area contributed by atoms with E-state index in [9.17, 15) is 4.39 Å². The molecule has 1 atom stereocenters. The summed E-state index contributed by atoms with van der Waals surface area (Å²) in [5.74, 6) is -0.211. The molecular weight excluding hydrogens is 295 g/mol. The number of rotatable bonds is 6. The Balaban J connectivity index is 1.52. The van der Waals surface area contributed by atoms with E-state index in [2.05, 4.69) is 15.3 Å². The van der Waals surface area contributed by atoms with Crippen LogP contribution in [0.4, 0.5) is 10.1 Å². The highest BCUT2D eigenvalue weighted by Gasteiger charge is 2.11. The lowest BCUT2D eigenvalue weighted by Gasteiger charge is -2.26. The van der Waals surface area contributed by atoms with Crippen molar-refractivity contribution in [1.29, 1.82) is 0 Å². The van der Waals surface area contributed by atoms with Gasteiger partial charge in [0.25, 0.3) is 0 Å². The molecule has 2 aromatic rings. The van der Waals surface area contributed by atoms with Crippen LogP contribution in [0, 0.1) is 5.82 Å². The summed E-state index contributed by atoms with van der Waals surface area (Å²) in [6.07, 6.45) is 3.81. The average Bonchev–Trinajstić information content (AvgIpc) is 3.01. The molecule has 23 heavy (non-hydrogen) atoms. The van der Waals surface area contributed by atoms with Gasteiger partial charge in [0.2, 0.25) is 0 Å². The van der Waals surface area contributed by atoms with Crippen LogP contribution in [-0.2, 0) is 11.3 Å². The summed E-state index contributed by atoms with van der Waals surface area (Å²) in [6, 6.07) is 6.70. The minimum absolute atomic E-state index is 0.0302. The van der Waals surface area contributed by atoms with Crippen LogP contribution in [0.1, 0.15) is 18.5 Å². The number of hydrogen-bond donors (Lipinski definition) is 1. The molecule has 2 heterocycles. The predicted molar refractivity (Wildman–Crippen MR) is 87.9 cm³/mol. The van der Waals surface area contributed by atoms with Gasteiger partial charge in [0.15, 0.2) is 0 Å². The van der Waals surface area contributed by atoms with Gasteiger partial charge in [-0.3, -0.25) is 9.58 Å². The van der Waals surface area contributed by atoms with E-state index in [0.717, 1.165) is 50.6 Å². The van der Waals surface area contributed by atoms with E-state index in [0.29, 0.717) is 0 Å². The van der Waals surface area contributed by atoms with Crippen molar-refractivity contribution in [3.05, 3.63) is 48.0 Å². The molecule has 3 rings (SSSR count). The van der Waals surface area contributed by atoms with Crippen molar-refractivity contribution in [2.45, 2.75) is 19.5 Å². The van der Waals surface area contributed by atoms with Crippen LogP contribution in [0.25, 0.3) is 0 Å². The topological polar surface area (TPSA) is 42.3 Å². The summed E-state index contributed by atoms with van der Waals surface area (Å²) in [6.45, 7) is 7.46. The predicted octanol–water partition coefficient (Wildman–Crippen LogP) is 2.53. The number of nitrogens with zero attached hydrogens (tertiary/aromatic N) is 3. The molecule has 1 aromatic heterocycles. The molecule has 1 aliphatic rings. The Morgan fingerprint density at radius 2 is 2.13 bits per heavy atom. The van der Waals surface area contributed by atoms with Gasteiger partial charge in [0.1, 0.15) is 5.82 Å². The van der Waals surface area contributed by atoms with Crippen LogP contribution in [0.3, 0.4) is 0 Å². The van der Waals surface area contributed by atoms with Crippen LogP contribution >= 0.6 is 0 Å². The van der Waals surface area contributed by atoms with Crippen molar-refractivity contribution >= 4 is 5.69 Å². The summed E-state index contributed by atoms with van der Waals surface area (Å²) in [5.41, 5.74) is 1.87. The summed E-state index contributed by atoms with van der Waals surface area (Å²) >= 11 is 0. The summed E-state index contributed by atoms with van der Waals surface area (Å²) in [4.78, 5) is 2.38. The minimum atomic E-state index is -0.211. The number of morpholine rings is 1.